The maximum atomic E-state index is 9.54. The first-order chi connectivity index (χ1) is 6.63. The molecule has 0 aliphatic carbocycles. The number of aliphatic hydroxyl groups is 1. The summed E-state index contributed by atoms with van der Waals surface area (Å²) in [7, 11) is 4.07. The van der Waals surface area contributed by atoms with Gasteiger partial charge < -0.3 is 10.0 Å². The number of aliphatic hydroxyl groups excluding tert-OH is 1. The third-order valence-corrected chi connectivity index (χ3v) is 2.59. The lowest BCUT2D eigenvalue weighted by Gasteiger charge is -2.25. The van der Waals surface area contributed by atoms with Gasteiger partial charge in [0.2, 0.25) is 0 Å². The summed E-state index contributed by atoms with van der Waals surface area (Å²) in [4.78, 5) is 4.34. The molecule has 1 rings (SSSR count). The molecule has 1 N–H and O–H groups in total. The predicted octanol–water partition coefficient (Wildman–Crippen LogP) is -0.103. The molecule has 4 heteroatoms. The maximum absolute atomic E-state index is 9.54. The molecule has 80 valence electrons. The molecule has 0 aromatic heterocycles. The van der Waals surface area contributed by atoms with E-state index in [2.05, 4.69) is 15.9 Å². The average molecular weight is 197 g/mol. The van der Waals surface area contributed by atoms with Gasteiger partial charge in [-0.25, -0.2) is 0 Å². The fourth-order valence-corrected chi connectivity index (χ4v) is 2.04. The molecule has 0 saturated carbocycles. The van der Waals surface area contributed by atoms with Gasteiger partial charge in [-0.1, -0.05) is 0 Å². The molecule has 1 fully saturated rings. The van der Waals surface area contributed by atoms with Gasteiger partial charge in [0.15, 0.2) is 0 Å². The summed E-state index contributed by atoms with van der Waals surface area (Å²) in [5.41, 5.74) is 0. The standard InChI is InChI=1S/C10H19N3O/c1-12(2)7-9-6-10(14)8-13(9)5-3-4-11/h9-10,14H,3,5-8H2,1-2H3. The van der Waals surface area contributed by atoms with Gasteiger partial charge in [-0.15, -0.1) is 0 Å². The molecule has 4 nitrogen and oxygen atoms in total. The Hall–Kier alpha value is -0.630. The maximum Gasteiger partial charge on any atom is 0.0682 e. The van der Waals surface area contributed by atoms with Crippen LogP contribution in [0.4, 0.5) is 0 Å². The number of nitrogens with zero attached hydrogens (tertiary/aromatic N) is 3. The minimum atomic E-state index is -0.210. The van der Waals surface area contributed by atoms with Crippen molar-refractivity contribution in [2.75, 3.05) is 33.7 Å². The van der Waals surface area contributed by atoms with E-state index in [9.17, 15) is 5.11 Å². The molecule has 1 saturated heterocycles. The van der Waals surface area contributed by atoms with E-state index in [4.69, 9.17) is 5.26 Å². The molecule has 1 aliphatic rings. The molecule has 2 atom stereocenters. The number of rotatable bonds is 4. The van der Waals surface area contributed by atoms with E-state index in [1.165, 1.54) is 0 Å². The smallest absolute Gasteiger partial charge is 0.0682 e. The average Bonchev–Trinajstić information content (AvgIpc) is 2.41. The van der Waals surface area contributed by atoms with Crippen LogP contribution < -0.4 is 0 Å². The van der Waals surface area contributed by atoms with Crippen molar-refractivity contribution < 1.29 is 5.11 Å². The first kappa shape index (κ1) is 11.4. The van der Waals surface area contributed by atoms with E-state index in [0.29, 0.717) is 12.5 Å². The van der Waals surface area contributed by atoms with Gasteiger partial charge in [-0.3, -0.25) is 4.90 Å². The van der Waals surface area contributed by atoms with Crippen molar-refractivity contribution in [3.63, 3.8) is 0 Å². The summed E-state index contributed by atoms with van der Waals surface area (Å²) in [6.45, 7) is 2.47. The second kappa shape index (κ2) is 5.30. The van der Waals surface area contributed by atoms with Crippen LogP contribution in [-0.2, 0) is 0 Å². The van der Waals surface area contributed by atoms with Crippen molar-refractivity contribution in [3.8, 4) is 6.07 Å². The minimum Gasteiger partial charge on any atom is -0.392 e. The zero-order valence-corrected chi connectivity index (χ0v) is 8.98. The molecule has 0 radical (unpaired) electrons. The first-order valence-electron chi connectivity index (χ1n) is 5.07. The second-order valence-electron chi connectivity index (χ2n) is 4.21. The minimum absolute atomic E-state index is 0.210. The summed E-state index contributed by atoms with van der Waals surface area (Å²) >= 11 is 0. The van der Waals surface area contributed by atoms with E-state index in [-0.39, 0.29) is 6.10 Å². The highest BCUT2D eigenvalue weighted by molar-refractivity contribution is 4.88. The van der Waals surface area contributed by atoms with E-state index in [1.54, 1.807) is 0 Å². The quantitative estimate of drug-likeness (QED) is 0.683. The van der Waals surface area contributed by atoms with Crippen LogP contribution in [0.2, 0.25) is 0 Å². The van der Waals surface area contributed by atoms with Crippen molar-refractivity contribution in [2.45, 2.75) is 25.0 Å². The summed E-state index contributed by atoms with van der Waals surface area (Å²) in [5.74, 6) is 0. The third-order valence-electron chi connectivity index (χ3n) is 2.59. The molecule has 14 heavy (non-hydrogen) atoms. The highest BCUT2D eigenvalue weighted by Crippen LogP contribution is 2.18. The number of likely N-dealkylation sites (N-methyl/N-ethyl adjacent to an activating group) is 1. The first-order valence-corrected chi connectivity index (χ1v) is 5.07. The fraction of sp³-hybridized carbons (Fsp3) is 0.900. The van der Waals surface area contributed by atoms with E-state index < -0.39 is 0 Å². The van der Waals surface area contributed by atoms with Crippen LogP contribution in [0.5, 0.6) is 0 Å². The Balaban J connectivity index is 2.41. The van der Waals surface area contributed by atoms with E-state index in [0.717, 1.165) is 26.1 Å². The number of likely N-dealkylation sites (tertiary alicyclic amines) is 1. The molecule has 1 aliphatic heterocycles. The molecule has 0 amide bonds. The molecule has 1 heterocycles. The highest BCUT2D eigenvalue weighted by atomic mass is 16.3. The van der Waals surface area contributed by atoms with Gasteiger partial charge in [-0.05, 0) is 20.5 Å². The molecule has 0 aromatic carbocycles. The lowest BCUT2D eigenvalue weighted by Crippen LogP contribution is -2.37. The van der Waals surface area contributed by atoms with Crippen LogP contribution in [-0.4, -0.2) is 60.8 Å². The molecule has 0 aromatic rings. The Labute approximate surface area is 85.7 Å². The largest absolute Gasteiger partial charge is 0.392 e. The highest BCUT2D eigenvalue weighted by Gasteiger charge is 2.30. The number of nitriles is 1. The fourth-order valence-electron chi connectivity index (χ4n) is 2.04. The summed E-state index contributed by atoms with van der Waals surface area (Å²) in [6, 6.07) is 2.56. The Morgan fingerprint density at radius 1 is 1.57 bits per heavy atom. The normalized spacial score (nSPS) is 28.2. The van der Waals surface area contributed by atoms with Crippen LogP contribution in [0.3, 0.4) is 0 Å². The summed E-state index contributed by atoms with van der Waals surface area (Å²) < 4.78 is 0. The predicted molar refractivity (Wildman–Crippen MR) is 54.8 cm³/mol. The van der Waals surface area contributed by atoms with Crippen molar-refractivity contribution in [2.24, 2.45) is 0 Å². The van der Waals surface area contributed by atoms with Crippen molar-refractivity contribution in [1.82, 2.24) is 9.80 Å². The monoisotopic (exact) mass is 197 g/mol. The van der Waals surface area contributed by atoms with Gasteiger partial charge in [0.25, 0.3) is 0 Å². The molecular weight excluding hydrogens is 178 g/mol. The van der Waals surface area contributed by atoms with Crippen LogP contribution >= 0.6 is 0 Å². The van der Waals surface area contributed by atoms with Gasteiger partial charge in [0.05, 0.1) is 12.2 Å². The van der Waals surface area contributed by atoms with Gasteiger partial charge in [0.1, 0.15) is 0 Å². The van der Waals surface area contributed by atoms with Crippen LogP contribution in [0.15, 0.2) is 0 Å². The zero-order valence-electron chi connectivity index (χ0n) is 8.98. The van der Waals surface area contributed by atoms with Crippen molar-refractivity contribution in [3.05, 3.63) is 0 Å². The molecule has 0 bridgehead atoms. The van der Waals surface area contributed by atoms with Crippen LogP contribution in [0, 0.1) is 11.3 Å². The third kappa shape index (κ3) is 3.26. The van der Waals surface area contributed by atoms with Crippen molar-refractivity contribution in [1.29, 1.82) is 5.26 Å². The number of hydrogen-bond donors (Lipinski definition) is 1. The summed E-state index contributed by atoms with van der Waals surface area (Å²) in [6.07, 6.45) is 1.18. The van der Waals surface area contributed by atoms with Gasteiger partial charge >= 0.3 is 0 Å². The van der Waals surface area contributed by atoms with Crippen molar-refractivity contribution >= 4 is 0 Å². The lowest BCUT2D eigenvalue weighted by molar-refractivity contribution is 0.174. The Bertz CT molecular complexity index is 212. The van der Waals surface area contributed by atoms with E-state index in [1.807, 2.05) is 14.1 Å². The van der Waals surface area contributed by atoms with Crippen LogP contribution in [0.1, 0.15) is 12.8 Å². The van der Waals surface area contributed by atoms with Gasteiger partial charge in [-0.2, -0.15) is 5.26 Å². The molecular formula is C10H19N3O. The SMILES string of the molecule is CN(C)CC1CC(O)CN1CCC#N. The topological polar surface area (TPSA) is 50.5 Å². The Morgan fingerprint density at radius 3 is 2.86 bits per heavy atom. The molecule has 0 spiro atoms. The molecule has 2 unspecified atom stereocenters. The van der Waals surface area contributed by atoms with Gasteiger partial charge in [0, 0.05) is 32.1 Å². The Kier molecular flexibility index (Phi) is 4.33. The number of hydrogen-bond acceptors (Lipinski definition) is 4. The van der Waals surface area contributed by atoms with Crippen LogP contribution in [0.25, 0.3) is 0 Å². The number of β-amino-alcohol motifs (C(OH)–C–C–N with tert-alkyl or cyclic N) is 1. The zero-order chi connectivity index (χ0) is 10.6. The Morgan fingerprint density at radius 2 is 2.29 bits per heavy atom. The van der Waals surface area contributed by atoms with E-state index >= 15 is 0 Å². The lowest BCUT2D eigenvalue weighted by atomic mass is 10.2. The second-order valence-corrected chi connectivity index (χ2v) is 4.21. The summed E-state index contributed by atoms with van der Waals surface area (Å²) in [5, 5.41) is 18.1.